The number of rotatable bonds is 8. The summed E-state index contributed by atoms with van der Waals surface area (Å²) in [4.78, 5) is 21.3. The summed E-state index contributed by atoms with van der Waals surface area (Å²) in [6, 6.07) is 14.3. The molecule has 3 heteroatoms. The zero-order valence-electron chi connectivity index (χ0n) is 20.6. The van der Waals surface area contributed by atoms with Crippen LogP contribution in [0, 0.1) is 13.8 Å². The Bertz CT molecular complexity index is 1180. The van der Waals surface area contributed by atoms with E-state index in [1.807, 2.05) is 44.2 Å². The first-order valence-electron chi connectivity index (χ1n) is 11.3. The van der Waals surface area contributed by atoms with Crippen LogP contribution in [0.5, 0.6) is 0 Å². The number of nitrogens with zero attached hydrogens (tertiary/aromatic N) is 2. The van der Waals surface area contributed by atoms with Gasteiger partial charge in [-0.1, -0.05) is 75.1 Å². The van der Waals surface area contributed by atoms with E-state index in [9.17, 15) is 4.79 Å². The number of carbonyl (C=O) groups is 1. The van der Waals surface area contributed by atoms with E-state index in [-0.39, 0.29) is 13.6 Å². The lowest BCUT2D eigenvalue weighted by molar-refractivity contribution is -0.114. The molecule has 0 fully saturated rings. The second kappa shape index (κ2) is 12.4. The highest BCUT2D eigenvalue weighted by molar-refractivity contribution is 6.17. The summed E-state index contributed by atoms with van der Waals surface area (Å²) in [7, 11) is 1.68. The van der Waals surface area contributed by atoms with Gasteiger partial charge in [-0.2, -0.15) is 0 Å². The second-order valence-corrected chi connectivity index (χ2v) is 7.72. The molecule has 0 aromatic heterocycles. The molecule has 0 bridgehead atoms. The van der Waals surface area contributed by atoms with Gasteiger partial charge in [0.05, 0.1) is 11.4 Å². The van der Waals surface area contributed by atoms with Crippen LogP contribution in [0.1, 0.15) is 50.9 Å². The van der Waals surface area contributed by atoms with E-state index in [4.69, 9.17) is 4.99 Å². The van der Waals surface area contributed by atoms with Crippen molar-refractivity contribution >= 4 is 29.0 Å². The highest BCUT2D eigenvalue weighted by atomic mass is 16.1. The Morgan fingerprint density at radius 1 is 1.09 bits per heavy atom. The molecule has 0 aliphatic heterocycles. The van der Waals surface area contributed by atoms with Gasteiger partial charge < -0.3 is 0 Å². The molecule has 2 aromatic carbocycles. The zero-order chi connectivity index (χ0) is 24.4. The van der Waals surface area contributed by atoms with Gasteiger partial charge in [-0.3, -0.25) is 9.79 Å². The highest BCUT2D eigenvalue weighted by Crippen LogP contribution is 2.28. The Morgan fingerprint density at radius 3 is 2.36 bits per heavy atom. The Hall–Kier alpha value is -3.59. The first-order chi connectivity index (χ1) is 15.9. The highest BCUT2D eigenvalue weighted by Gasteiger charge is 2.16. The summed E-state index contributed by atoms with van der Waals surface area (Å²) < 4.78 is 0. The number of para-hydroxylation sites is 1. The molecule has 0 atom stereocenters. The molecule has 3 nitrogen and oxygen atoms in total. The fraction of sp³-hybridized carbons (Fsp3) is 0.233. The molecule has 0 radical (unpaired) electrons. The summed E-state index contributed by atoms with van der Waals surface area (Å²) in [6.07, 6.45) is 9.84. The maximum absolute atomic E-state index is 12.4. The number of ketones is 1. The molecule has 0 amide bonds. The maximum atomic E-state index is 12.4. The van der Waals surface area contributed by atoms with Gasteiger partial charge in [0.2, 0.25) is 0 Å². The predicted octanol–water partition coefficient (Wildman–Crippen LogP) is 7.81. The molecule has 0 unspecified atom stereocenters. The van der Waals surface area contributed by atoms with Crippen molar-refractivity contribution < 1.29 is 6.22 Å². The molecular formula is C30H36N2O. The smallest absolute Gasteiger partial charge is 0.162 e. The SMILES string of the molecule is C=C(CC(=O)/C(C)=C/C=NC)c1ccc(C(=Nc2ccccc2C)C2=CC=C2)c(C)c1.CC.[HH]. The fourth-order valence-electron chi connectivity index (χ4n) is 3.30. The van der Waals surface area contributed by atoms with E-state index in [2.05, 4.69) is 55.8 Å². The molecule has 0 saturated carbocycles. The fourth-order valence-corrected chi connectivity index (χ4v) is 3.30. The van der Waals surface area contributed by atoms with Crippen molar-refractivity contribution in [1.29, 1.82) is 0 Å². The van der Waals surface area contributed by atoms with Crippen LogP contribution in [-0.2, 0) is 4.79 Å². The van der Waals surface area contributed by atoms with Gasteiger partial charge in [-0.15, -0.1) is 0 Å². The van der Waals surface area contributed by atoms with Crippen molar-refractivity contribution in [2.24, 2.45) is 9.98 Å². The van der Waals surface area contributed by atoms with E-state index < -0.39 is 0 Å². The predicted molar refractivity (Wildman–Crippen MR) is 146 cm³/mol. The molecule has 0 heterocycles. The van der Waals surface area contributed by atoms with Crippen LogP contribution < -0.4 is 0 Å². The van der Waals surface area contributed by atoms with E-state index in [1.54, 1.807) is 26.3 Å². The number of aliphatic imine (C=N–C) groups is 2. The van der Waals surface area contributed by atoms with Crippen LogP contribution in [-0.4, -0.2) is 24.8 Å². The Balaban J connectivity index is 0.00000188. The molecule has 172 valence electrons. The second-order valence-electron chi connectivity index (χ2n) is 7.72. The number of hydrogen-bond acceptors (Lipinski definition) is 3. The largest absolute Gasteiger partial charge is 0.297 e. The normalized spacial score (nSPS) is 13.2. The number of hydrogen-bond donors (Lipinski definition) is 0. The van der Waals surface area contributed by atoms with Crippen LogP contribution >= 0.6 is 0 Å². The molecule has 1 aliphatic carbocycles. The lowest BCUT2D eigenvalue weighted by Gasteiger charge is -2.16. The third-order valence-electron chi connectivity index (χ3n) is 5.35. The maximum Gasteiger partial charge on any atom is 0.162 e. The van der Waals surface area contributed by atoms with Gasteiger partial charge in [0.15, 0.2) is 5.78 Å². The quantitative estimate of drug-likeness (QED) is 0.305. The number of carbonyl (C=O) groups excluding carboxylic acids is 1. The van der Waals surface area contributed by atoms with Gasteiger partial charge >= 0.3 is 0 Å². The van der Waals surface area contributed by atoms with Crippen molar-refractivity contribution in [3.05, 3.63) is 107 Å². The average Bonchev–Trinajstić information content (AvgIpc) is 2.78. The van der Waals surface area contributed by atoms with Crippen molar-refractivity contribution in [1.82, 2.24) is 0 Å². The van der Waals surface area contributed by atoms with Gasteiger partial charge in [-0.25, -0.2) is 4.99 Å². The lowest BCUT2D eigenvalue weighted by atomic mass is 9.90. The van der Waals surface area contributed by atoms with Gasteiger partial charge in [0.25, 0.3) is 0 Å². The van der Waals surface area contributed by atoms with Gasteiger partial charge in [0, 0.05) is 32.2 Å². The summed E-state index contributed by atoms with van der Waals surface area (Å²) in [5, 5.41) is 0. The van der Waals surface area contributed by atoms with Crippen LogP contribution in [0.4, 0.5) is 5.69 Å². The summed E-state index contributed by atoms with van der Waals surface area (Å²) >= 11 is 0. The van der Waals surface area contributed by atoms with Crippen molar-refractivity contribution in [2.75, 3.05) is 7.05 Å². The van der Waals surface area contributed by atoms with Crippen LogP contribution in [0.3, 0.4) is 0 Å². The number of benzene rings is 2. The first kappa shape index (κ1) is 25.7. The molecule has 1 aliphatic rings. The zero-order valence-corrected chi connectivity index (χ0v) is 20.6. The molecule has 3 rings (SSSR count). The Kier molecular flexibility index (Phi) is 9.68. The monoisotopic (exact) mass is 440 g/mol. The Labute approximate surface area is 200 Å². The van der Waals surface area contributed by atoms with Gasteiger partial charge in [-0.05, 0) is 60.8 Å². The van der Waals surface area contributed by atoms with E-state index in [1.165, 1.54) is 0 Å². The molecule has 0 N–H and O–H groups in total. The summed E-state index contributed by atoms with van der Waals surface area (Å²) in [6.45, 7) is 14.1. The van der Waals surface area contributed by atoms with Gasteiger partial charge in [0.1, 0.15) is 0 Å². The van der Waals surface area contributed by atoms with Crippen LogP contribution in [0.15, 0.2) is 94.5 Å². The van der Waals surface area contributed by atoms with Crippen molar-refractivity contribution in [2.45, 2.75) is 41.0 Å². The first-order valence-corrected chi connectivity index (χ1v) is 11.3. The summed E-state index contributed by atoms with van der Waals surface area (Å²) in [5.41, 5.74) is 8.82. The lowest BCUT2D eigenvalue weighted by Crippen LogP contribution is -2.09. The topological polar surface area (TPSA) is 41.8 Å². The van der Waals surface area contributed by atoms with Crippen LogP contribution in [0.25, 0.3) is 5.57 Å². The number of Topliss-reactive ketones (excluding diaryl/α,β-unsaturated/α-hetero) is 1. The molecule has 2 aromatic rings. The standard InChI is InChI=1S/C28H28N2O.C2H6.H2/c1-19-9-6-7-12-26(19)30-28(23-10-8-11-23)25-14-13-24(17-22(25)4)21(3)18-27(31)20(2)15-16-29-5;1-2;/h6-17H,3,18H2,1-2,4-5H3;1-2H3;1H/b20-15+,29-16?,30-28?;;. The third kappa shape index (κ3) is 6.69. The molecular weight excluding hydrogens is 404 g/mol. The Morgan fingerprint density at radius 2 is 1.79 bits per heavy atom. The third-order valence-corrected chi connectivity index (χ3v) is 5.35. The minimum atomic E-state index is 0. The molecule has 0 saturated heterocycles. The van der Waals surface area contributed by atoms with E-state index >= 15 is 0 Å². The molecule has 33 heavy (non-hydrogen) atoms. The number of allylic oxidation sites excluding steroid dienone is 7. The average molecular weight is 441 g/mol. The van der Waals surface area contributed by atoms with Crippen molar-refractivity contribution in [3.63, 3.8) is 0 Å². The number of aryl methyl sites for hydroxylation is 2. The van der Waals surface area contributed by atoms with E-state index in [0.29, 0.717) is 5.57 Å². The van der Waals surface area contributed by atoms with Crippen molar-refractivity contribution in [3.8, 4) is 0 Å². The van der Waals surface area contributed by atoms with E-state index in [0.717, 1.165) is 44.8 Å². The molecule has 0 spiro atoms. The summed E-state index contributed by atoms with van der Waals surface area (Å²) in [5.74, 6) is 0.0539. The minimum absolute atomic E-state index is 0. The minimum Gasteiger partial charge on any atom is -0.297 e. The van der Waals surface area contributed by atoms with Crippen LogP contribution in [0.2, 0.25) is 0 Å².